The molecule has 2 aromatic heterocycles. The lowest BCUT2D eigenvalue weighted by Crippen LogP contribution is -2.33. The van der Waals surface area contributed by atoms with Gasteiger partial charge in [0.1, 0.15) is 19.3 Å². The highest BCUT2D eigenvalue weighted by Gasteiger charge is 2.27. The summed E-state index contributed by atoms with van der Waals surface area (Å²) in [6, 6.07) is 4.53. The Balaban J connectivity index is 1.85. The normalized spacial score (nSPS) is 18.5. The van der Waals surface area contributed by atoms with Crippen molar-refractivity contribution in [3.8, 4) is 0 Å². The van der Waals surface area contributed by atoms with Crippen LogP contribution in [0.15, 0.2) is 24.6 Å². The number of nitrogens with zero attached hydrogens (tertiary/aromatic N) is 4. The molecule has 0 aromatic carbocycles. The van der Waals surface area contributed by atoms with Gasteiger partial charge < -0.3 is 19.1 Å². The van der Waals surface area contributed by atoms with Gasteiger partial charge in [-0.1, -0.05) is 52.3 Å². The Morgan fingerprint density at radius 1 is 1.08 bits per heavy atom. The Morgan fingerprint density at radius 3 is 2.31 bits per heavy atom. The van der Waals surface area contributed by atoms with Gasteiger partial charge in [-0.2, -0.15) is 9.61 Å². The van der Waals surface area contributed by atoms with Crippen molar-refractivity contribution in [3.05, 3.63) is 33.9 Å². The van der Waals surface area contributed by atoms with Crippen LogP contribution in [0.4, 0.5) is 5.82 Å². The molecule has 0 saturated heterocycles. The van der Waals surface area contributed by atoms with Crippen LogP contribution in [-0.4, -0.2) is 64.0 Å². The summed E-state index contributed by atoms with van der Waals surface area (Å²) in [4.78, 5) is 7.35. The minimum Gasteiger partial charge on any atom is -0.499 e. The number of halogens is 1. The third-order valence-corrected chi connectivity index (χ3v) is 11.5. The summed E-state index contributed by atoms with van der Waals surface area (Å²) in [6.45, 7) is 23.7. The van der Waals surface area contributed by atoms with Crippen LogP contribution in [0.5, 0.6) is 0 Å². The van der Waals surface area contributed by atoms with E-state index in [1.54, 1.807) is 0 Å². The van der Waals surface area contributed by atoms with Crippen LogP contribution in [0.1, 0.15) is 50.6 Å². The predicted octanol–water partition coefficient (Wildman–Crippen LogP) is 7.98. The Labute approximate surface area is 252 Å². The van der Waals surface area contributed by atoms with Crippen molar-refractivity contribution < 1.29 is 14.2 Å². The average Bonchev–Trinajstić information content (AvgIpc) is 3.22. The highest BCUT2D eigenvalue weighted by atomic mass is 127. The van der Waals surface area contributed by atoms with Gasteiger partial charge >= 0.3 is 0 Å². The second-order valence-corrected chi connectivity index (χ2v) is 25.8. The molecule has 0 amide bonds. The van der Waals surface area contributed by atoms with Crippen molar-refractivity contribution in [2.75, 3.05) is 38.2 Å². The van der Waals surface area contributed by atoms with Gasteiger partial charge in [0.2, 0.25) is 0 Å². The molecule has 0 N–H and O–H groups in total. The second kappa shape index (κ2) is 14.8. The zero-order chi connectivity index (χ0) is 28.6. The van der Waals surface area contributed by atoms with E-state index >= 15 is 0 Å². The van der Waals surface area contributed by atoms with Crippen molar-refractivity contribution in [2.24, 2.45) is 5.92 Å². The minimum atomic E-state index is -1.17. The summed E-state index contributed by atoms with van der Waals surface area (Å²) in [6.07, 6.45) is 7.54. The van der Waals surface area contributed by atoms with E-state index in [4.69, 9.17) is 24.3 Å². The molecule has 1 saturated carbocycles. The van der Waals surface area contributed by atoms with Crippen molar-refractivity contribution in [2.45, 2.75) is 96.3 Å². The van der Waals surface area contributed by atoms with E-state index < -0.39 is 16.1 Å². The molecule has 2 aromatic rings. The van der Waals surface area contributed by atoms with E-state index in [0.717, 1.165) is 71.1 Å². The van der Waals surface area contributed by atoms with Gasteiger partial charge in [-0.15, -0.1) is 0 Å². The van der Waals surface area contributed by atoms with Gasteiger partial charge in [0, 0.05) is 53.5 Å². The first-order valence-corrected chi connectivity index (χ1v) is 23.1. The van der Waals surface area contributed by atoms with E-state index in [1.165, 1.54) is 12.8 Å². The molecule has 2 atom stereocenters. The molecular formula is C29H51IN4O3Si2. The van der Waals surface area contributed by atoms with E-state index in [-0.39, 0.29) is 0 Å². The van der Waals surface area contributed by atoms with E-state index in [9.17, 15) is 0 Å². The lowest BCUT2D eigenvalue weighted by molar-refractivity contribution is 0.0942. The molecule has 0 radical (unpaired) electrons. The van der Waals surface area contributed by atoms with Crippen molar-refractivity contribution in [3.63, 3.8) is 0 Å². The summed E-state index contributed by atoms with van der Waals surface area (Å²) in [5.41, 5.74) is 2.06. The van der Waals surface area contributed by atoms with Gasteiger partial charge in [0.05, 0.1) is 22.1 Å². The maximum absolute atomic E-state index is 6.25. The first-order chi connectivity index (χ1) is 18.4. The summed E-state index contributed by atoms with van der Waals surface area (Å²) in [5.74, 6) is 2.91. The molecule has 3 rings (SSSR count). The van der Waals surface area contributed by atoms with E-state index in [2.05, 4.69) is 79.4 Å². The SMILES string of the molecule is C=C(CC1CCCC(c2cc(N(COCC[Si](C)(C)C)COCC[Si](C)(C)C)n3ncc(I)c3n2)C1)OCC. The summed E-state index contributed by atoms with van der Waals surface area (Å²) in [5, 5.41) is 4.71. The molecule has 220 valence electrons. The zero-order valence-corrected chi connectivity index (χ0v) is 29.6. The largest absolute Gasteiger partial charge is 0.499 e. The van der Waals surface area contributed by atoms with Gasteiger partial charge in [0.25, 0.3) is 0 Å². The Hall–Kier alpha value is -0.956. The molecule has 0 spiro atoms. The topological polar surface area (TPSA) is 61.1 Å². The monoisotopic (exact) mass is 686 g/mol. The summed E-state index contributed by atoms with van der Waals surface area (Å²) < 4.78 is 21.2. The Morgan fingerprint density at radius 2 is 1.72 bits per heavy atom. The Bertz CT molecular complexity index is 1050. The standard InChI is InChI=1S/C29H51IN4O3Si2/c1-9-37-23(2)17-24-11-10-12-25(18-24)27-19-28(34-29(32-27)26(30)20-31-34)33(21-35-13-15-38(3,4)5)22-36-14-16-39(6,7)8/h19-20,24-25H,2,9-18,21-22H2,1,3-8H3. The molecule has 0 bridgehead atoms. The third-order valence-electron chi connectivity index (χ3n) is 7.31. The maximum Gasteiger partial charge on any atom is 0.171 e. The van der Waals surface area contributed by atoms with Crippen LogP contribution in [-0.2, 0) is 14.2 Å². The highest BCUT2D eigenvalue weighted by molar-refractivity contribution is 14.1. The lowest BCUT2D eigenvalue weighted by atomic mass is 9.78. The number of allylic oxidation sites excluding steroid dienone is 1. The third kappa shape index (κ3) is 10.8. The fourth-order valence-corrected chi connectivity index (χ4v) is 6.97. The van der Waals surface area contributed by atoms with Crippen LogP contribution in [0.2, 0.25) is 51.4 Å². The number of hydrogen-bond acceptors (Lipinski definition) is 6. The van der Waals surface area contributed by atoms with Gasteiger partial charge in [-0.25, -0.2) is 4.98 Å². The van der Waals surface area contributed by atoms with Crippen LogP contribution in [0.25, 0.3) is 5.65 Å². The summed E-state index contributed by atoms with van der Waals surface area (Å²) >= 11 is 2.35. The lowest BCUT2D eigenvalue weighted by Gasteiger charge is -2.31. The first kappa shape index (κ1) is 32.6. The number of fused-ring (bicyclic) bond motifs is 1. The molecule has 1 aliphatic carbocycles. The van der Waals surface area contributed by atoms with Crippen LogP contribution >= 0.6 is 22.6 Å². The van der Waals surface area contributed by atoms with Gasteiger partial charge in [-0.05, 0) is 66.8 Å². The van der Waals surface area contributed by atoms with Crippen molar-refractivity contribution in [1.29, 1.82) is 0 Å². The maximum atomic E-state index is 6.25. The van der Waals surface area contributed by atoms with Crippen LogP contribution in [0.3, 0.4) is 0 Å². The van der Waals surface area contributed by atoms with Crippen molar-refractivity contribution >= 4 is 50.2 Å². The molecule has 1 fully saturated rings. The van der Waals surface area contributed by atoms with E-state index in [0.29, 0.717) is 31.9 Å². The minimum absolute atomic E-state index is 0.412. The fourth-order valence-electron chi connectivity index (χ4n) is 4.98. The highest BCUT2D eigenvalue weighted by Crippen LogP contribution is 2.39. The fraction of sp³-hybridized carbons (Fsp3) is 0.724. The van der Waals surface area contributed by atoms with Gasteiger partial charge in [-0.3, -0.25) is 0 Å². The molecule has 1 aliphatic rings. The molecule has 39 heavy (non-hydrogen) atoms. The van der Waals surface area contributed by atoms with Crippen LogP contribution < -0.4 is 4.90 Å². The molecule has 2 heterocycles. The Kier molecular flexibility index (Phi) is 12.3. The number of hydrogen-bond donors (Lipinski definition) is 0. The number of ether oxygens (including phenoxy) is 3. The van der Waals surface area contributed by atoms with E-state index in [1.807, 2.05) is 17.6 Å². The molecule has 2 unspecified atom stereocenters. The smallest absolute Gasteiger partial charge is 0.171 e. The molecule has 0 aliphatic heterocycles. The van der Waals surface area contributed by atoms with Gasteiger partial charge in [0.15, 0.2) is 5.65 Å². The van der Waals surface area contributed by atoms with Crippen molar-refractivity contribution in [1.82, 2.24) is 14.6 Å². The number of aromatic nitrogens is 3. The first-order valence-electron chi connectivity index (χ1n) is 14.6. The summed E-state index contributed by atoms with van der Waals surface area (Å²) in [7, 11) is -2.34. The average molecular weight is 687 g/mol. The predicted molar refractivity (Wildman–Crippen MR) is 176 cm³/mol. The zero-order valence-electron chi connectivity index (χ0n) is 25.4. The number of anilines is 1. The quantitative estimate of drug-likeness (QED) is 0.0587. The van der Waals surface area contributed by atoms with Crippen LogP contribution in [0, 0.1) is 9.49 Å². The number of rotatable bonds is 16. The molecular weight excluding hydrogens is 635 g/mol. The molecule has 10 heteroatoms. The second-order valence-electron chi connectivity index (χ2n) is 13.4. The molecule has 7 nitrogen and oxygen atoms in total.